The zero-order valence-electron chi connectivity index (χ0n) is 8.90. The van der Waals surface area contributed by atoms with Crippen molar-refractivity contribution >= 4 is 11.6 Å². The van der Waals surface area contributed by atoms with Crippen molar-refractivity contribution in [2.75, 3.05) is 5.73 Å². The Morgan fingerprint density at radius 1 is 1.53 bits per heavy atom. The first-order valence-corrected chi connectivity index (χ1v) is 4.98. The van der Waals surface area contributed by atoms with Gasteiger partial charge in [-0.2, -0.15) is 5.10 Å². The van der Waals surface area contributed by atoms with E-state index >= 15 is 0 Å². The minimum Gasteiger partial charge on any atom is -0.396 e. The fraction of sp³-hybridized carbons (Fsp3) is 0.0909. The van der Waals surface area contributed by atoms with Crippen molar-refractivity contribution < 1.29 is 9.18 Å². The first-order valence-electron chi connectivity index (χ1n) is 4.98. The molecule has 0 saturated heterocycles. The van der Waals surface area contributed by atoms with Gasteiger partial charge in [0, 0.05) is 18.3 Å². The summed E-state index contributed by atoms with van der Waals surface area (Å²) in [5, 5.41) is 9.00. The second kappa shape index (κ2) is 4.65. The highest BCUT2D eigenvalue weighted by Gasteiger charge is 2.12. The van der Waals surface area contributed by atoms with Crippen molar-refractivity contribution in [3.8, 4) is 0 Å². The third kappa shape index (κ3) is 2.41. The number of aromatic amines is 1. The minimum absolute atomic E-state index is 0.133. The highest BCUT2D eigenvalue weighted by Crippen LogP contribution is 2.15. The number of anilines is 1. The summed E-state index contributed by atoms with van der Waals surface area (Å²) in [4.78, 5) is 11.7. The summed E-state index contributed by atoms with van der Waals surface area (Å²) in [5.74, 6) is -1.01. The molecular formula is C11H11FN4O. The first-order chi connectivity index (χ1) is 8.18. The summed E-state index contributed by atoms with van der Waals surface area (Å²) >= 11 is 0. The van der Waals surface area contributed by atoms with Gasteiger partial charge in [0.2, 0.25) is 0 Å². The molecule has 5 nitrogen and oxygen atoms in total. The van der Waals surface area contributed by atoms with Gasteiger partial charge in [0.05, 0.1) is 17.4 Å². The second-order valence-electron chi connectivity index (χ2n) is 3.49. The van der Waals surface area contributed by atoms with Gasteiger partial charge in [-0.3, -0.25) is 9.89 Å². The Morgan fingerprint density at radius 3 is 3.06 bits per heavy atom. The fourth-order valence-corrected chi connectivity index (χ4v) is 1.39. The van der Waals surface area contributed by atoms with Crippen molar-refractivity contribution in [3.63, 3.8) is 0 Å². The number of nitrogen functional groups attached to an aromatic ring is 1. The second-order valence-corrected chi connectivity index (χ2v) is 3.49. The molecule has 0 aliphatic rings. The average Bonchev–Trinajstić information content (AvgIpc) is 2.82. The predicted octanol–water partition coefficient (Wildman–Crippen LogP) is 1.06. The van der Waals surface area contributed by atoms with Crippen LogP contribution < -0.4 is 11.1 Å². The van der Waals surface area contributed by atoms with Gasteiger partial charge in [-0.25, -0.2) is 4.39 Å². The number of halogens is 1. The maximum atomic E-state index is 13.1. The number of rotatable bonds is 3. The van der Waals surface area contributed by atoms with Gasteiger partial charge < -0.3 is 11.1 Å². The summed E-state index contributed by atoms with van der Waals surface area (Å²) < 4.78 is 13.1. The van der Waals surface area contributed by atoms with E-state index in [0.717, 1.165) is 5.56 Å². The molecule has 88 valence electrons. The number of nitrogens with zero attached hydrogens (tertiary/aromatic N) is 1. The Morgan fingerprint density at radius 2 is 2.35 bits per heavy atom. The number of amides is 1. The van der Waals surface area contributed by atoms with Crippen LogP contribution in [0.3, 0.4) is 0 Å². The van der Waals surface area contributed by atoms with Crippen LogP contribution in [0, 0.1) is 5.82 Å². The molecule has 1 heterocycles. The number of carbonyl (C=O) groups is 1. The molecule has 0 fully saturated rings. The largest absolute Gasteiger partial charge is 0.396 e. The fourth-order valence-electron chi connectivity index (χ4n) is 1.39. The molecule has 0 spiro atoms. The van der Waals surface area contributed by atoms with E-state index in [9.17, 15) is 9.18 Å². The molecule has 0 saturated carbocycles. The lowest BCUT2D eigenvalue weighted by Crippen LogP contribution is -2.23. The molecule has 0 atom stereocenters. The minimum atomic E-state index is -0.596. The van der Waals surface area contributed by atoms with Crippen LogP contribution in [0.1, 0.15) is 15.9 Å². The van der Waals surface area contributed by atoms with E-state index in [1.54, 1.807) is 12.4 Å². The Hall–Kier alpha value is -2.37. The third-order valence-corrected chi connectivity index (χ3v) is 2.31. The van der Waals surface area contributed by atoms with Crippen molar-refractivity contribution in [3.05, 3.63) is 47.5 Å². The summed E-state index contributed by atoms with van der Waals surface area (Å²) in [6.07, 6.45) is 3.25. The number of nitrogens with two attached hydrogens (primary N) is 1. The molecule has 4 N–H and O–H groups in total. The Bertz CT molecular complexity index is 524. The van der Waals surface area contributed by atoms with E-state index < -0.39 is 11.7 Å². The van der Waals surface area contributed by atoms with E-state index in [2.05, 4.69) is 15.5 Å². The number of aromatic nitrogens is 2. The van der Waals surface area contributed by atoms with Crippen LogP contribution in [0.4, 0.5) is 10.1 Å². The monoisotopic (exact) mass is 234 g/mol. The van der Waals surface area contributed by atoms with Crippen molar-refractivity contribution in [2.45, 2.75) is 6.54 Å². The Labute approximate surface area is 96.8 Å². The van der Waals surface area contributed by atoms with Crippen LogP contribution in [0.2, 0.25) is 0 Å². The quantitative estimate of drug-likeness (QED) is 0.694. The molecule has 6 heteroatoms. The maximum absolute atomic E-state index is 13.1. The number of carbonyl (C=O) groups excluding carboxylic acids is 1. The highest BCUT2D eigenvalue weighted by molar-refractivity contribution is 5.99. The van der Waals surface area contributed by atoms with E-state index in [1.807, 2.05) is 0 Å². The Balaban J connectivity index is 2.07. The van der Waals surface area contributed by atoms with E-state index in [4.69, 9.17) is 5.73 Å². The van der Waals surface area contributed by atoms with Gasteiger partial charge in [-0.15, -0.1) is 0 Å². The van der Waals surface area contributed by atoms with Crippen LogP contribution in [0.15, 0.2) is 30.6 Å². The molecule has 2 aromatic rings. The van der Waals surface area contributed by atoms with Gasteiger partial charge in [-0.05, 0) is 12.1 Å². The molecule has 0 aliphatic carbocycles. The number of H-pyrrole nitrogens is 1. The van der Waals surface area contributed by atoms with Crippen molar-refractivity contribution in [2.24, 2.45) is 0 Å². The van der Waals surface area contributed by atoms with E-state index in [0.29, 0.717) is 6.54 Å². The third-order valence-electron chi connectivity index (χ3n) is 2.31. The molecule has 1 amide bonds. The van der Waals surface area contributed by atoms with Crippen LogP contribution >= 0.6 is 0 Å². The normalized spacial score (nSPS) is 10.2. The first kappa shape index (κ1) is 11.1. The van der Waals surface area contributed by atoms with E-state index in [1.165, 1.54) is 18.2 Å². The molecule has 2 rings (SSSR count). The van der Waals surface area contributed by atoms with Gasteiger partial charge >= 0.3 is 0 Å². The molecular weight excluding hydrogens is 223 g/mol. The van der Waals surface area contributed by atoms with Crippen LogP contribution in [0.5, 0.6) is 0 Å². The van der Waals surface area contributed by atoms with E-state index in [-0.39, 0.29) is 11.3 Å². The lowest BCUT2D eigenvalue weighted by Gasteiger charge is -2.06. The summed E-state index contributed by atoms with van der Waals surface area (Å²) in [6, 6.07) is 4.13. The van der Waals surface area contributed by atoms with Crippen molar-refractivity contribution in [1.29, 1.82) is 0 Å². The lowest BCUT2D eigenvalue weighted by molar-refractivity contribution is 0.0951. The molecule has 0 bridgehead atoms. The topological polar surface area (TPSA) is 83.8 Å². The lowest BCUT2D eigenvalue weighted by atomic mass is 10.1. The summed E-state index contributed by atoms with van der Waals surface area (Å²) in [6.45, 7) is 0.311. The van der Waals surface area contributed by atoms with Gasteiger partial charge in [0.25, 0.3) is 5.91 Å². The number of hydrogen-bond acceptors (Lipinski definition) is 3. The highest BCUT2D eigenvalue weighted by atomic mass is 19.1. The molecule has 1 aromatic carbocycles. The number of benzene rings is 1. The van der Waals surface area contributed by atoms with Crippen molar-refractivity contribution in [1.82, 2.24) is 15.5 Å². The average molecular weight is 234 g/mol. The number of nitrogens with one attached hydrogen (secondary N) is 2. The molecule has 17 heavy (non-hydrogen) atoms. The maximum Gasteiger partial charge on any atom is 0.253 e. The molecule has 0 unspecified atom stereocenters. The van der Waals surface area contributed by atoms with Gasteiger partial charge in [0.1, 0.15) is 5.82 Å². The van der Waals surface area contributed by atoms with Crippen LogP contribution in [0.25, 0.3) is 0 Å². The molecule has 1 aromatic heterocycles. The number of hydrogen-bond donors (Lipinski definition) is 3. The number of para-hydroxylation sites is 1. The summed E-state index contributed by atoms with van der Waals surface area (Å²) in [7, 11) is 0. The van der Waals surface area contributed by atoms with Crippen LogP contribution in [-0.4, -0.2) is 16.1 Å². The standard InChI is InChI=1S/C11H11FN4O/c12-9-3-1-2-8(10(9)13)11(17)14-4-7-5-15-16-6-7/h1-3,5-6H,4,13H2,(H,14,17)(H,15,16). The molecule has 0 radical (unpaired) electrons. The van der Waals surface area contributed by atoms with Crippen LogP contribution in [-0.2, 0) is 6.54 Å². The van der Waals surface area contributed by atoms with Gasteiger partial charge in [0.15, 0.2) is 0 Å². The zero-order chi connectivity index (χ0) is 12.3. The summed E-state index contributed by atoms with van der Waals surface area (Å²) in [5.41, 5.74) is 6.30. The molecule has 0 aliphatic heterocycles. The van der Waals surface area contributed by atoms with Gasteiger partial charge in [-0.1, -0.05) is 6.07 Å². The smallest absolute Gasteiger partial charge is 0.253 e. The zero-order valence-corrected chi connectivity index (χ0v) is 8.90. The SMILES string of the molecule is Nc1c(F)cccc1C(=O)NCc1cn[nH]c1. The Kier molecular flexibility index (Phi) is 3.04. The predicted molar refractivity (Wildman–Crippen MR) is 60.6 cm³/mol.